The first-order valence-corrected chi connectivity index (χ1v) is 14.0. The van der Waals surface area contributed by atoms with Crippen molar-refractivity contribution in [2.75, 3.05) is 32.6 Å². The maximum Gasteiger partial charge on any atom is 0.306 e. The normalized spacial score (nSPS) is 15.5. The Kier molecular flexibility index (Phi) is 7.86. The highest BCUT2D eigenvalue weighted by Crippen LogP contribution is 2.39. The molecular weight excluding hydrogens is 563 g/mol. The fraction of sp³-hybridized carbons (Fsp3) is 0.500. The molecule has 4 rings (SSSR count). The second-order valence-electron chi connectivity index (χ2n) is 9.55. The number of benzene rings is 1. The van der Waals surface area contributed by atoms with Crippen molar-refractivity contribution in [3.05, 3.63) is 22.8 Å². The molecule has 0 spiro atoms. The van der Waals surface area contributed by atoms with E-state index in [9.17, 15) is 36.3 Å². The summed E-state index contributed by atoms with van der Waals surface area (Å²) >= 11 is 0.529. The zero-order valence-corrected chi connectivity index (χ0v) is 22.7. The number of nitrogens with zero attached hydrogens (tertiary/aromatic N) is 5. The van der Waals surface area contributed by atoms with Gasteiger partial charge in [-0.3, -0.25) is 9.59 Å². The van der Waals surface area contributed by atoms with Crippen LogP contribution in [0.2, 0.25) is 0 Å². The Bertz CT molecular complexity index is 1520. The number of halogens is 3. The van der Waals surface area contributed by atoms with E-state index in [1.807, 2.05) is 0 Å². The van der Waals surface area contributed by atoms with Gasteiger partial charge in [0.15, 0.2) is 5.01 Å². The Balaban J connectivity index is 1.94. The standard InChI is InChI=1S/C22H26F3N7O5S2/c1-11(20(34)35)6-14-17-13(26-9-16(33)31(2)3)7-12(39(36,37)30-22(10-23)4-5-22)8-15(17)32(29-14)21-28-27-19(38-21)18(24)25/h7-8,11,18,26,30H,4-6,9-10H2,1-3H3,(H,34,35). The van der Waals surface area contributed by atoms with Gasteiger partial charge in [0.1, 0.15) is 6.67 Å². The SMILES string of the molecule is CC(Cc1nn(-c2nnc(C(F)F)s2)c2cc(S(=O)(=O)NC3(CF)CC3)cc(NCC(=O)N(C)C)c12)C(=O)O. The molecule has 0 bridgehead atoms. The number of rotatable bonds is 12. The highest BCUT2D eigenvalue weighted by molar-refractivity contribution is 7.89. The summed E-state index contributed by atoms with van der Waals surface area (Å²) < 4.78 is 70.1. The fourth-order valence-electron chi connectivity index (χ4n) is 3.74. The molecule has 212 valence electrons. The van der Waals surface area contributed by atoms with Gasteiger partial charge in [0.05, 0.1) is 34.1 Å². The van der Waals surface area contributed by atoms with E-state index in [1.54, 1.807) is 0 Å². The molecule has 3 aromatic rings. The molecule has 0 aliphatic heterocycles. The quantitative estimate of drug-likeness (QED) is 0.288. The topological polar surface area (TPSA) is 159 Å². The number of sulfonamides is 1. The fourth-order valence-corrected chi connectivity index (χ4v) is 5.89. The van der Waals surface area contributed by atoms with Crippen molar-refractivity contribution in [2.45, 2.75) is 43.0 Å². The van der Waals surface area contributed by atoms with Crippen LogP contribution in [0.4, 0.5) is 18.9 Å². The third-order valence-electron chi connectivity index (χ3n) is 6.25. The molecule has 1 aliphatic rings. The first-order valence-electron chi connectivity index (χ1n) is 11.7. The van der Waals surface area contributed by atoms with Gasteiger partial charge in [0, 0.05) is 31.6 Å². The van der Waals surface area contributed by atoms with E-state index in [2.05, 4.69) is 25.3 Å². The lowest BCUT2D eigenvalue weighted by Gasteiger charge is -2.17. The van der Waals surface area contributed by atoms with Gasteiger partial charge in [-0.15, -0.1) is 10.2 Å². The van der Waals surface area contributed by atoms with Gasteiger partial charge in [-0.05, 0) is 25.0 Å². The van der Waals surface area contributed by atoms with E-state index in [-0.39, 0.29) is 51.2 Å². The average Bonchev–Trinajstić information content (AvgIpc) is 3.29. The van der Waals surface area contributed by atoms with Crippen LogP contribution in [0.25, 0.3) is 16.0 Å². The van der Waals surface area contributed by atoms with Crippen LogP contribution in [0.3, 0.4) is 0 Å². The molecule has 0 saturated heterocycles. The van der Waals surface area contributed by atoms with E-state index >= 15 is 0 Å². The highest BCUT2D eigenvalue weighted by atomic mass is 32.2. The van der Waals surface area contributed by atoms with Gasteiger partial charge in [-0.2, -0.15) is 5.10 Å². The number of aromatic nitrogens is 4. The number of carbonyl (C=O) groups excluding carboxylic acids is 1. The van der Waals surface area contributed by atoms with Crippen molar-refractivity contribution in [1.82, 2.24) is 29.6 Å². The maximum absolute atomic E-state index is 13.5. The number of nitrogens with one attached hydrogen (secondary N) is 2. The van der Waals surface area contributed by atoms with E-state index in [0.29, 0.717) is 24.2 Å². The van der Waals surface area contributed by atoms with Gasteiger partial charge in [0.2, 0.25) is 21.1 Å². The smallest absolute Gasteiger partial charge is 0.306 e. The minimum atomic E-state index is -4.28. The second-order valence-corrected chi connectivity index (χ2v) is 12.2. The zero-order chi connectivity index (χ0) is 28.7. The minimum Gasteiger partial charge on any atom is -0.481 e. The van der Waals surface area contributed by atoms with Gasteiger partial charge in [0.25, 0.3) is 6.43 Å². The van der Waals surface area contributed by atoms with Crippen LogP contribution in [0, 0.1) is 5.92 Å². The van der Waals surface area contributed by atoms with E-state index in [0.717, 1.165) is 4.68 Å². The maximum atomic E-state index is 13.5. The van der Waals surface area contributed by atoms with Crippen LogP contribution < -0.4 is 10.0 Å². The van der Waals surface area contributed by atoms with Gasteiger partial charge in [-0.25, -0.2) is 31.0 Å². The molecule has 17 heteroatoms. The van der Waals surface area contributed by atoms with Gasteiger partial charge >= 0.3 is 5.97 Å². The minimum absolute atomic E-state index is 0.0901. The lowest BCUT2D eigenvalue weighted by atomic mass is 10.0. The van der Waals surface area contributed by atoms with Crippen LogP contribution in [0.15, 0.2) is 17.0 Å². The summed E-state index contributed by atoms with van der Waals surface area (Å²) in [4.78, 5) is 24.9. The van der Waals surface area contributed by atoms with E-state index in [4.69, 9.17) is 0 Å². The van der Waals surface area contributed by atoms with Crippen molar-refractivity contribution >= 4 is 49.8 Å². The zero-order valence-electron chi connectivity index (χ0n) is 21.1. The predicted octanol–water partition coefficient (Wildman–Crippen LogP) is 2.36. The Morgan fingerprint density at radius 1 is 1.26 bits per heavy atom. The molecule has 12 nitrogen and oxygen atoms in total. The molecule has 1 atom stereocenters. The summed E-state index contributed by atoms with van der Waals surface area (Å²) in [6.07, 6.45) is -2.37. The first-order chi connectivity index (χ1) is 18.3. The van der Waals surface area contributed by atoms with Crippen LogP contribution >= 0.6 is 11.3 Å². The monoisotopic (exact) mass is 589 g/mol. The lowest BCUT2D eigenvalue weighted by Crippen LogP contribution is -2.38. The number of hydrogen-bond donors (Lipinski definition) is 3. The number of aliphatic carboxylic acids is 1. The number of anilines is 1. The molecule has 3 N–H and O–H groups in total. The van der Waals surface area contributed by atoms with Crippen LogP contribution in [-0.4, -0.2) is 83.1 Å². The average molecular weight is 590 g/mol. The molecule has 2 aromatic heterocycles. The summed E-state index contributed by atoms with van der Waals surface area (Å²) in [5.74, 6) is -2.37. The largest absolute Gasteiger partial charge is 0.481 e. The summed E-state index contributed by atoms with van der Waals surface area (Å²) in [6, 6.07) is 2.46. The third-order valence-corrected chi connectivity index (χ3v) is 8.71. The molecule has 0 radical (unpaired) electrons. The summed E-state index contributed by atoms with van der Waals surface area (Å²) in [5.41, 5.74) is -0.776. The Hall–Kier alpha value is -3.31. The molecule has 1 saturated carbocycles. The second kappa shape index (κ2) is 10.7. The number of amides is 1. The van der Waals surface area contributed by atoms with E-state index < -0.39 is 45.6 Å². The summed E-state index contributed by atoms with van der Waals surface area (Å²) in [6.45, 7) is 0.304. The molecule has 39 heavy (non-hydrogen) atoms. The molecule has 1 aromatic carbocycles. The summed E-state index contributed by atoms with van der Waals surface area (Å²) in [7, 11) is -1.22. The molecule has 1 aliphatic carbocycles. The molecule has 1 fully saturated rings. The molecule has 1 amide bonds. The number of hydrogen-bond acceptors (Lipinski definition) is 9. The first kappa shape index (κ1) is 28.7. The number of alkyl halides is 3. The Labute approximate surface area is 225 Å². The molecule has 2 heterocycles. The predicted molar refractivity (Wildman–Crippen MR) is 135 cm³/mol. The third kappa shape index (κ3) is 5.99. The van der Waals surface area contributed by atoms with E-state index in [1.165, 1.54) is 38.1 Å². The Morgan fingerprint density at radius 3 is 2.49 bits per heavy atom. The van der Waals surface area contributed by atoms with Crippen molar-refractivity contribution < 1.29 is 36.3 Å². The molecular formula is C22H26F3N7O5S2. The van der Waals surface area contributed by atoms with Crippen LogP contribution in [0.1, 0.15) is 36.9 Å². The van der Waals surface area contributed by atoms with Crippen molar-refractivity contribution in [3.8, 4) is 5.13 Å². The number of fused-ring (bicyclic) bond motifs is 1. The number of carboxylic acids is 1. The summed E-state index contributed by atoms with van der Waals surface area (Å²) in [5, 5.41) is 23.6. The molecule has 1 unspecified atom stereocenters. The number of likely N-dealkylation sites (N-methyl/N-ethyl adjacent to an activating group) is 1. The van der Waals surface area contributed by atoms with Crippen LogP contribution in [0.5, 0.6) is 0 Å². The van der Waals surface area contributed by atoms with Crippen LogP contribution in [-0.2, 0) is 26.0 Å². The number of carboxylic acid groups (broad SMARTS) is 1. The van der Waals surface area contributed by atoms with Crippen molar-refractivity contribution in [1.29, 1.82) is 0 Å². The Morgan fingerprint density at radius 2 is 1.95 bits per heavy atom. The number of carbonyl (C=O) groups is 2. The highest BCUT2D eigenvalue weighted by Gasteiger charge is 2.46. The van der Waals surface area contributed by atoms with Gasteiger partial charge < -0.3 is 15.3 Å². The van der Waals surface area contributed by atoms with Crippen molar-refractivity contribution in [2.24, 2.45) is 5.92 Å². The van der Waals surface area contributed by atoms with Gasteiger partial charge in [-0.1, -0.05) is 18.3 Å². The lowest BCUT2D eigenvalue weighted by molar-refractivity contribution is -0.141. The van der Waals surface area contributed by atoms with Crippen molar-refractivity contribution in [3.63, 3.8) is 0 Å².